The summed E-state index contributed by atoms with van der Waals surface area (Å²) >= 11 is 1.30. The highest BCUT2D eigenvalue weighted by atomic mass is 32.2. The number of rotatable bonds is 3. The third-order valence-electron chi connectivity index (χ3n) is 2.64. The number of anilines is 1. The third-order valence-corrected chi connectivity index (χ3v) is 5.15. The lowest BCUT2D eigenvalue weighted by Gasteiger charge is -1.95. The van der Waals surface area contributed by atoms with Gasteiger partial charge in [-0.3, -0.25) is 0 Å². The Morgan fingerprint density at radius 2 is 2.15 bits per heavy atom. The fourth-order valence-electron chi connectivity index (χ4n) is 1.75. The van der Waals surface area contributed by atoms with Gasteiger partial charge in [-0.25, -0.2) is 13.4 Å². The van der Waals surface area contributed by atoms with Gasteiger partial charge >= 0.3 is 5.22 Å². The van der Waals surface area contributed by atoms with Crippen LogP contribution in [-0.2, 0) is 15.6 Å². The quantitative estimate of drug-likeness (QED) is 0.744. The molecule has 2 aromatic heterocycles. The number of oxazole rings is 1. The normalized spacial score (nSPS) is 12.1. The summed E-state index contributed by atoms with van der Waals surface area (Å²) in [5, 5.41) is 2.02. The van der Waals surface area contributed by atoms with Gasteiger partial charge in [0.15, 0.2) is 5.58 Å². The molecule has 0 atom stereocenters. The number of nitrogen functional groups attached to an aromatic ring is 1. The monoisotopic (exact) mass is 309 g/mol. The molecule has 0 aliphatic carbocycles. The molecule has 0 aliphatic rings. The molecule has 3 aromatic rings. The molecule has 0 saturated heterocycles. The molecule has 0 fully saturated rings. The lowest BCUT2D eigenvalue weighted by Crippen LogP contribution is -2.05. The summed E-state index contributed by atoms with van der Waals surface area (Å²) in [4.78, 5) is 8.13. The maximum Gasteiger partial charge on any atom is 0.316 e. The summed E-state index contributed by atoms with van der Waals surface area (Å²) in [6, 6.07) is 4.82. The Morgan fingerprint density at radius 1 is 1.35 bits per heavy atom. The largest absolute Gasteiger partial charge is 0.428 e. The van der Waals surface area contributed by atoms with Gasteiger partial charge in [0.05, 0.1) is 0 Å². The zero-order chi connectivity index (χ0) is 14.3. The number of sulfone groups is 1. The first-order valence-electron chi connectivity index (χ1n) is 5.74. The number of nitrogens with zero attached hydrogens (tertiary/aromatic N) is 2. The molecule has 3 rings (SSSR count). The maximum absolute atomic E-state index is 12.2. The smallest absolute Gasteiger partial charge is 0.316 e. The number of thiazole rings is 1. The van der Waals surface area contributed by atoms with E-state index in [1.165, 1.54) is 11.3 Å². The Morgan fingerprint density at radius 3 is 2.85 bits per heavy atom. The molecule has 6 nitrogen and oxygen atoms in total. The molecular weight excluding hydrogens is 298 g/mol. The van der Waals surface area contributed by atoms with Crippen LogP contribution in [0, 0.1) is 6.92 Å². The molecule has 0 spiro atoms. The van der Waals surface area contributed by atoms with Crippen LogP contribution in [0.3, 0.4) is 0 Å². The van der Waals surface area contributed by atoms with Crippen molar-refractivity contribution in [2.75, 3.05) is 5.73 Å². The van der Waals surface area contributed by atoms with E-state index in [-0.39, 0.29) is 11.0 Å². The second-order valence-electron chi connectivity index (χ2n) is 4.35. The van der Waals surface area contributed by atoms with Crippen molar-refractivity contribution in [2.45, 2.75) is 17.9 Å². The highest BCUT2D eigenvalue weighted by Gasteiger charge is 2.24. The van der Waals surface area contributed by atoms with E-state index in [9.17, 15) is 8.42 Å². The van der Waals surface area contributed by atoms with E-state index in [0.717, 1.165) is 5.69 Å². The van der Waals surface area contributed by atoms with Crippen molar-refractivity contribution in [3.63, 3.8) is 0 Å². The summed E-state index contributed by atoms with van der Waals surface area (Å²) in [5.41, 5.74) is 7.74. The van der Waals surface area contributed by atoms with E-state index in [1.807, 2.05) is 6.92 Å². The average Bonchev–Trinajstić information content (AvgIpc) is 2.95. The van der Waals surface area contributed by atoms with Gasteiger partial charge in [0, 0.05) is 22.8 Å². The molecule has 104 valence electrons. The van der Waals surface area contributed by atoms with Gasteiger partial charge < -0.3 is 10.2 Å². The molecule has 8 heteroatoms. The first-order valence-corrected chi connectivity index (χ1v) is 8.27. The molecule has 2 N–H and O–H groups in total. The van der Waals surface area contributed by atoms with Gasteiger partial charge in [-0.05, 0) is 19.1 Å². The minimum atomic E-state index is -3.65. The van der Waals surface area contributed by atoms with Gasteiger partial charge in [-0.15, -0.1) is 11.3 Å². The van der Waals surface area contributed by atoms with Crippen molar-refractivity contribution in [2.24, 2.45) is 0 Å². The average molecular weight is 309 g/mol. The number of aromatic nitrogens is 2. The van der Waals surface area contributed by atoms with Crippen molar-refractivity contribution < 1.29 is 12.8 Å². The van der Waals surface area contributed by atoms with Gasteiger partial charge in [-0.1, -0.05) is 0 Å². The summed E-state index contributed by atoms with van der Waals surface area (Å²) in [5.74, 6) is -0.214. The lowest BCUT2D eigenvalue weighted by molar-refractivity contribution is 0.458. The van der Waals surface area contributed by atoms with Gasteiger partial charge in [-0.2, -0.15) is 4.98 Å². The van der Waals surface area contributed by atoms with Crippen molar-refractivity contribution in [1.82, 2.24) is 9.97 Å². The van der Waals surface area contributed by atoms with E-state index in [1.54, 1.807) is 23.6 Å². The molecule has 1 aromatic carbocycles. The molecule has 0 amide bonds. The van der Waals surface area contributed by atoms with Crippen LogP contribution in [0.25, 0.3) is 11.1 Å². The summed E-state index contributed by atoms with van der Waals surface area (Å²) in [6.45, 7) is 1.81. The topological polar surface area (TPSA) is 99.1 Å². The van der Waals surface area contributed by atoms with Crippen molar-refractivity contribution >= 4 is 38.0 Å². The Bertz CT molecular complexity index is 880. The van der Waals surface area contributed by atoms with E-state index >= 15 is 0 Å². The Hall–Kier alpha value is -1.93. The summed E-state index contributed by atoms with van der Waals surface area (Å²) in [6.07, 6.45) is 0. The first kappa shape index (κ1) is 13.1. The van der Waals surface area contributed by atoms with Crippen LogP contribution in [-0.4, -0.2) is 18.4 Å². The van der Waals surface area contributed by atoms with Crippen LogP contribution in [0.5, 0.6) is 0 Å². The van der Waals surface area contributed by atoms with E-state index in [0.29, 0.717) is 21.8 Å². The van der Waals surface area contributed by atoms with E-state index < -0.39 is 9.84 Å². The van der Waals surface area contributed by atoms with Gasteiger partial charge in [0.2, 0.25) is 9.84 Å². The Labute approximate surface area is 119 Å². The molecular formula is C12H11N3O3S2. The van der Waals surface area contributed by atoms with Crippen LogP contribution >= 0.6 is 11.3 Å². The number of hydrogen-bond acceptors (Lipinski definition) is 7. The van der Waals surface area contributed by atoms with Crippen molar-refractivity contribution in [3.8, 4) is 0 Å². The van der Waals surface area contributed by atoms with Crippen molar-refractivity contribution in [1.29, 1.82) is 0 Å². The van der Waals surface area contributed by atoms with Crippen molar-refractivity contribution in [3.05, 3.63) is 34.3 Å². The van der Waals surface area contributed by atoms with Crippen LogP contribution < -0.4 is 5.73 Å². The van der Waals surface area contributed by atoms with Crippen LogP contribution in [0.1, 0.15) is 10.7 Å². The van der Waals surface area contributed by atoms with E-state index in [2.05, 4.69) is 9.97 Å². The maximum atomic E-state index is 12.2. The SMILES string of the molecule is Cc1csc(CS(=O)(=O)c2nc3ccc(N)cc3o2)n1. The Kier molecular flexibility index (Phi) is 2.98. The first-order chi connectivity index (χ1) is 9.44. The molecule has 0 aliphatic heterocycles. The minimum Gasteiger partial charge on any atom is -0.428 e. The molecule has 0 radical (unpaired) electrons. The number of aryl methyl sites for hydroxylation is 1. The second-order valence-corrected chi connectivity index (χ2v) is 7.16. The van der Waals surface area contributed by atoms with Crippen LogP contribution in [0.4, 0.5) is 5.69 Å². The molecule has 0 bridgehead atoms. The summed E-state index contributed by atoms with van der Waals surface area (Å²) in [7, 11) is -3.65. The fourth-order valence-corrected chi connectivity index (χ4v) is 4.01. The third kappa shape index (κ3) is 2.39. The molecule has 0 saturated carbocycles. The zero-order valence-corrected chi connectivity index (χ0v) is 12.2. The van der Waals surface area contributed by atoms with Gasteiger partial charge in [0.25, 0.3) is 0 Å². The van der Waals surface area contributed by atoms with Crippen LogP contribution in [0.2, 0.25) is 0 Å². The second kappa shape index (κ2) is 4.57. The predicted octanol–water partition coefficient (Wildman–Crippen LogP) is 2.15. The number of nitrogens with two attached hydrogens (primary N) is 1. The van der Waals surface area contributed by atoms with E-state index in [4.69, 9.17) is 10.2 Å². The predicted molar refractivity (Wildman–Crippen MR) is 76.2 cm³/mol. The number of benzene rings is 1. The van der Waals surface area contributed by atoms with Gasteiger partial charge in [0.1, 0.15) is 16.3 Å². The zero-order valence-electron chi connectivity index (χ0n) is 10.5. The minimum absolute atomic E-state index is 0.214. The number of hydrogen-bond donors (Lipinski definition) is 1. The summed E-state index contributed by atoms with van der Waals surface area (Å²) < 4.78 is 29.8. The molecule has 20 heavy (non-hydrogen) atoms. The highest BCUT2D eigenvalue weighted by molar-refractivity contribution is 7.90. The fraction of sp³-hybridized carbons (Fsp3) is 0.167. The lowest BCUT2D eigenvalue weighted by atomic mass is 10.3. The highest BCUT2D eigenvalue weighted by Crippen LogP contribution is 2.24. The number of fused-ring (bicyclic) bond motifs is 1. The standard InChI is InChI=1S/C12H11N3O3S2/c1-7-5-19-11(14-7)6-20(16,17)12-15-9-3-2-8(13)4-10(9)18-12/h2-5H,6,13H2,1H3. The molecule has 0 unspecified atom stereocenters. The Balaban J connectivity index is 2.00. The van der Waals surface area contributed by atoms with Crippen LogP contribution in [0.15, 0.2) is 33.2 Å². The molecule has 2 heterocycles.